The monoisotopic (exact) mass is 1190 g/mol. The molecule has 450 valence electrons. The molecular weight excluding hydrogens is 1120 g/mol. The van der Waals surface area contributed by atoms with Gasteiger partial charge in [0.15, 0.2) is 16.8 Å². The maximum atomic E-state index is 14.0. The van der Waals surface area contributed by atoms with Crippen molar-refractivity contribution in [3.8, 4) is 45.3 Å². The van der Waals surface area contributed by atoms with Crippen LogP contribution in [0.25, 0.3) is 44.8 Å². The zero-order valence-electron chi connectivity index (χ0n) is 47.5. The van der Waals surface area contributed by atoms with Crippen LogP contribution in [-0.2, 0) is 67.2 Å². The molecule has 4 aromatic carbocycles. The van der Waals surface area contributed by atoms with E-state index in [4.69, 9.17) is 58.4 Å². The molecule has 2 N–H and O–H groups in total. The van der Waals surface area contributed by atoms with Crippen molar-refractivity contribution in [2.75, 3.05) is 110 Å². The highest BCUT2D eigenvalue weighted by atomic mass is 32.5. The lowest BCUT2D eigenvalue weighted by Gasteiger charge is -2.28. The predicted octanol–water partition coefficient (Wildman–Crippen LogP) is 7.97. The SMILES string of the molecule is C=CCOc1ccc2c(=O)cc(-c3ccc(C(=O)NCCOCCOCCOCCOCCOCCn4nnc5c4-c4ccccc4N(C(=O)CCC(=O)NCCCCCCOP([O-])(=S)OCC)Cc4ccccc4-5)cc3)oc2c1OCC=C. The summed E-state index contributed by atoms with van der Waals surface area (Å²) in [6, 6.07) is 26.9. The van der Waals surface area contributed by atoms with Gasteiger partial charge in [-0.05, 0) is 55.7 Å². The van der Waals surface area contributed by atoms with E-state index in [0.29, 0.717) is 138 Å². The fourth-order valence-corrected chi connectivity index (χ4v) is 10.2. The summed E-state index contributed by atoms with van der Waals surface area (Å²) in [5.74, 6) is 0.341. The smallest absolute Gasteiger partial charge is 0.251 e. The van der Waals surface area contributed by atoms with Crippen LogP contribution in [0, 0.1) is 0 Å². The maximum absolute atomic E-state index is 14.0. The van der Waals surface area contributed by atoms with Gasteiger partial charge >= 0.3 is 0 Å². The van der Waals surface area contributed by atoms with Crippen LogP contribution in [0.1, 0.15) is 61.4 Å². The number of carbonyl (C=O) groups is 3. The van der Waals surface area contributed by atoms with Crippen molar-refractivity contribution in [1.29, 1.82) is 0 Å². The average molecular weight is 1190 g/mol. The number of nitrogens with zero attached hydrogens (tertiary/aromatic N) is 4. The van der Waals surface area contributed by atoms with Crippen molar-refractivity contribution in [2.45, 2.75) is 58.5 Å². The minimum atomic E-state index is -3.41. The van der Waals surface area contributed by atoms with Gasteiger partial charge in [-0.2, -0.15) is 0 Å². The van der Waals surface area contributed by atoms with Gasteiger partial charge in [0.25, 0.3) is 5.91 Å². The zero-order valence-corrected chi connectivity index (χ0v) is 49.2. The zero-order chi connectivity index (χ0) is 59.4. The number of amides is 3. The Hall–Kier alpha value is -6.95. The first-order chi connectivity index (χ1) is 41.0. The van der Waals surface area contributed by atoms with Crippen LogP contribution in [0.2, 0.25) is 0 Å². The number of carbonyl (C=O) groups excluding carboxylic acids is 3. The lowest BCUT2D eigenvalue weighted by molar-refractivity contribution is -0.206. The third kappa shape index (κ3) is 19.6. The van der Waals surface area contributed by atoms with E-state index in [1.165, 1.54) is 6.07 Å². The Labute approximate surface area is 494 Å². The Morgan fingerprint density at radius 2 is 1.38 bits per heavy atom. The highest BCUT2D eigenvalue weighted by Crippen LogP contribution is 2.42. The van der Waals surface area contributed by atoms with Gasteiger partial charge in [0.1, 0.15) is 31.4 Å². The fraction of sp³-hybridized carbons (Fsp3) is 0.410. The molecule has 0 fully saturated rings. The molecule has 1 aliphatic heterocycles. The maximum Gasteiger partial charge on any atom is 0.251 e. The molecule has 23 heteroatoms. The minimum Gasteiger partial charge on any atom is -0.780 e. The second-order valence-corrected chi connectivity index (χ2v) is 21.7. The van der Waals surface area contributed by atoms with Crippen LogP contribution < -0.4 is 35.3 Å². The summed E-state index contributed by atoms with van der Waals surface area (Å²) in [6.07, 6.45) is 6.36. The molecule has 21 nitrogen and oxygen atoms in total. The van der Waals surface area contributed by atoms with Crippen LogP contribution in [-0.4, -0.2) is 138 Å². The summed E-state index contributed by atoms with van der Waals surface area (Å²) in [5.41, 5.74) is 5.75. The van der Waals surface area contributed by atoms with E-state index in [1.807, 2.05) is 48.5 Å². The second-order valence-electron chi connectivity index (χ2n) is 19.0. The fourth-order valence-electron chi connectivity index (χ4n) is 8.94. The third-order valence-corrected chi connectivity index (χ3v) is 14.7. The van der Waals surface area contributed by atoms with Gasteiger partial charge in [-0.25, -0.2) is 4.68 Å². The molecule has 0 bridgehead atoms. The number of hydrogen-bond donors (Lipinski definition) is 2. The molecule has 0 spiro atoms. The molecule has 2 aromatic heterocycles. The number of fused-ring (bicyclic) bond motifs is 6. The van der Waals surface area contributed by atoms with E-state index in [2.05, 4.69) is 34.1 Å². The molecule has 0 saturated carbocycles. The van der Waals surface area contributed by atoms with Crippen molar-refractivity contribution in [1.82, 2.24) is 25.6 Å². The van der Waals surface area contributed by atoms with Crippen LogP contribution in [0.4, 0.5) is 5.69 Å². The molecule has 1 unspecified atom stereocenters. The minimum absolute atomic E-state index is 0.0258. The second kappa shape index (κ2) is 34.7. The predicted molar refractivity (Wildman–Crippen MR) is 320 cm³/mol. The van der Waals surface area contributed by atoms with Crippen molar-refractivity contribution in [3.05, 3.63) is 138 Å². The van der Waals surface area contributed by atoms with E-state index in [-0.39, 0.29) is 73.8 Å². The number of ether oxygens (including phenoxy) is 7. The van der Waals surface area contributed by atoms with Gasteiger partial charge in [-0.15, -0.1) is 5.10 Å². The van der Waals surface area contributed by atoms with E-state index < -0.39 is 6.72 Å². The normalized spacial score (nSPS) is 12.5. The molecule has 0 radical (unpaired) electrons. The number of anilines is 1. The Bertz CT molecular complexity index is 3210. The number of para-hydroxylation sites is 1. The van der Waals surface area contributed by atoms with Crippen LogP contribution >= 0.6 is 6.72 Å². The number of benzene rings is 4. The quantitative estimate of drug-likeness (QED) is 0.0211. The Morgan fingerprint density at radius 3 is 2.10 bits per heavy atom. The van der Waals surface area contributed by atoms with E-state index >= 15 is 0 Å². The average Bonchev–Trinajstić information content (AvgIpc) is 1.83. The van der Waals surface area contributed by atoms with Gasteiger partial charge < -0.3 is 67.0 Å². The van der Waals surface area contributed by atoms with Crippen molar-refractivity contribution < 1.29 is 65.9 Å². The first kappa shape index (κ1) is 64.6. The molecular formula is C61H74N6O15PS-. The number of aromatic nitrogens is 3. The Morgan fingerprint density at radius 1 is 0.726 bits per heavy atom. The van der Waals surface area contributed by atoms with E-state index in [0.717, 1.165) is 41.6 Å². The molecule has 0 saturated heterocycles. The van der Waals surface area contributed by atoms with Gasteiger partial charge in [0.2, 0.25) is 17.6 Å². The molecule has 3 amide bonds. The highest BCUT2D eigenvalue weighted by molar-refractivity contribution is 8.06. The molecule has 3 heterocycles. The number of hydrogen-bond acceptors (Lipinski definition) is 18. The standard InChI is InChI=1S/C61H75N6O15PS/c1-4-30-78-53-24-23-50-52(68)43-54(82-59(50)60(53)79-31-5-2)45-19-21-46(22-20-45)61(71)63-28-33-73-35-37-75-39-41-77-42-40-76-38-36-74-34-29-67-58-49-17-11-12-18-51(49)66(44-47-15-9-10-16-48(47)57(58)64-65-67)56(70)26-25-55(69)62-27-13-7-8-14-32-81-83(72,84)80-6-3/h4-5,9-12,15-24,43H,1-2,6-8,13-14,25-42,44H2,3H3,(H,62,69)(H,63,71)(H,72,84)/p-1. The van der Waals surface area contributed by atoms with Gasteiger partial charge in [-0.1, -0.05) is 110 Å². The molecule has 0 aliphatic carbocycles. The summed E-state index contributed by atoms with van der Waals surface area (Å²) < 4.78 is 58.2. The Kier molecular flexibility index (Phi) is 26.7. The Balaban J connectivity index is 0.737. The first-order valence-corrected chi connectivity index (χ1v) is 30.7. The summed E-state index contributed by atoms with van der Waals surface area (Å²) in [4.78, 5) is 66.4. The lowest BCUT2D eigenvalue weighted by atomic mass is 9.95. The van der Waals surface area contributed by atoms with Crippen molar-refractivity contribution in [2.24, 2.45) is 0 Å². The van der Waals surface area contributed by atoms with Crippen molar-refractivity contribution >= 4 is 52.9 Å². The van der Waals surface area contributed by atoms with E-state index in [9.17, 15) is 24.1 Å². The first-order valence-electron chi connectivity index (χ1n) is 28.2. The largest absolute Gasteiger partial charge is 0.780 e. The summed E-state index contributed by atoms with van der Waals surface area (Å²) in [7, 11) is 0. The number of nitrogens with one attached hydrogen (secondary N) is 2. The van der Waals surface area contributed by atoms with Gasteiger partial charge in [0, 0.05) is 54.3 Å². The summed E-state index contributed by atoms with van der Waals surface area (Å²) in [6.45, 7) is 11.7. The van der Waals surface area contributed by atoms with E-state index in [1.54, 1.807) is 65.1 Å². The van der Waals surface area contributed by atoms with Crippen LogP contribution in [0.5, 0.6) is 11.5 Å². The summed E-state index contributed by atoms with van der Waals surface area (Å²) >= 11 is 4.82. The lowest BCUT2D eigenvalue weighted by Crippen LogP contribution is -2.33. The third-order valence-electron chi connectivity index (χ3n) is 13.0. The molecule has 1 atom stereocenters. The molecule has 1 aliphatic rings. The highest BCUT2D eigenvalue weighted by Gasteiger charge is 2.29. The van der Waals surface area contributed by atoms with Gasteiger partial charge in [0.05, 0.1) is 109 Å². The van der Waals surface area contributed by atoms with Gasteiger partial charge in [-0.3, -0.25) is 19.2 Å². The van der Waals surface area contributed by atoms with Crippen LogP contribution in [0.3, 0.4) is 0 Å². The molecule has 7 rings (SSSR count). The number of rotatable bonds is 39. The topological polar surface area (TPSA) is 246 Å². The summed E-state index contributed by atoms with van der Waals surface area (Å²) in [5, 5.41) is 15.3. The van der Waals surface area contributed by atoms with Crippen LogP contribution in [0.15, 0.2) is 126 Å². The number of unbranched alkanes of at least 4 members (excludes halogenated alkanes) is 3. The van der Waals surface area contributed by atoms with Crippen molar-refractivity contribution in [3.63, 3.8) is 0 Å². The molecule has 84 heavy (non-hydrogen) atoms. The molecule has 6 aromatic rings.